The normalized spacial score (nSPS) is 12.6. The molecule has 0 fully saturated rings. The highest BCUT2D eigenvalue weighted by atomic mass is 19.3. The molecule has 0 saturated carbocycles. The summed E-state index contributed by atoms with van der Waals surface area (Å²) in [6.07, 6.45) is 0. The van der Waals surface area contributed by atoms with Crippen molar-refractivity contribution in [2.75, 3.05) is 6.54 Å². The van der Waals surface area contributed by atoms with Crippen molar-refractivity contribution in [3.05, 3.63) is 29.8 Å². The van der Waals surface area contributed by atoms with Gasteiger partial charge in [-0.2, -0.15) is 8.78 Å². The molecule has 1 atom stereocenters. The minimum atomic E-state index is -2.82. The van der Waals surface area contributed by atoms with Crippen LogP contribution in [0.15, 0.2) is 24.3 Å². The monoisotopic (exact) mass is 286 g/mol. The van der Waals surface area contributed by atoms with Crippen LogP contribution in [0.25, 0.3) is 0 Å². The van der Waals surface area contributed by atoms with Gasteiger partial charge in [0.1, 0.15) is 5.75 Å². The summed E-state index contributed by atoms with van der Waals surface area (Å²) in [4.78, 5) is 11.5. The van der Waals surface area contributed by atoms with E-state index < -0.39 is 6.61 Å². The van der Waals surface area contributed by atoms with Gasteiger partial charge in [-0.3, -0.25) is 4.79 Å². The maximum Gasteiger partial charge on any atom is 0.387 e. The molecule has 1 amide bonds. The molecule has 0 bridgehead atoms. The molecule has 112 valence electrons. The van der Waals surface area contributed by atoms with Gasteiger partial charge in [-0.1, -0.05) is 12.1 Å². The number of carbonyl (C=O) groups excluding carboxylic acids is 1. The number of rotatable bonds is 7. The summed E-state index contributed by atoms with van der Waals surface area (Å²) in [5.74, 6) is 0.0398. The van der Waals surface area contributed by atoms with Crippen LogP contribution >= 0.6 is 0 Å². The number of amides is 1. The van der Waals surface area contributed by atoms with Crippen LogP contribution in [-0.4, -0.2) is 25.1 Å². The summed E-state index contributed by atoms with van der Waals surface area (Å²) < 4.78 is 28.3. The molecule has 0 aliphatic rings. The number of halogens is 2. The van der Waals surface area contributed by atoms with Crippen molar-refractivity contribution >= 4 is 5.91 Å². The first-order chi connectivity index (χ1) is 9.38. The lowest BCUT2D eigenvalue weighted by Gasteiger charge is -2.15. The molecule has 1 aromatic carbocycles. The zero-order valence-corrected chi connectivity index (χ0v) is 11.8. The van der Waals surface area contributed by atoms with Crippen molar-refractivity contribution in [3.8, 4) is 5.75 Å². The molecule has 0 aliphatic heterocycles. The smallest absolute Gasteiger partial charge is 0.387 e. The fraction of sp³-hybridized carbons (Fsp3) is 0.500. The van der Waals surface area contributed by atoms with E-state index in [1.54, 1.807) is 12.1 Å². The SMILES string of the molecule is CC(C)NC(=O)CNC(C)c1ccc(OC(F)F)cc1. The van der Waals surface area contributed by atoms with Gasteiger partial charge in [0.2, 0.25) is 5.91 Å². The average molecular weight is 286 g/mol. The highest BCUT2D eigenvalue weighted by Gasteiger charge is 2.09. The average Bonchev–Trinajstić information content (AvgIpc) is 2.35. The molecule has 0 aromatic heterocycles. The van der Waals surface area contributed by atoms with Crippen molar-refractivity contribution in [2.24, 2.45) is 0 Å². The maximum atomic E-state index is 12.0. The fourth-order valence-electron chi connectivity index (χ4n) is 1.67. The standard InChI is InChI=1S/C14H20F2N2O2/c1-9(2)18-13(19)8-17-10(3)11-4-6-12(7-5-11)20-14(15)16/h4-7,9-10,14,17H,8H2,1-3H3,(H,18,19). The number of hydrogen-bond acceptors (Lipinski definition) is 3. The van der Waals surface area contributed by atoms with Crippen LogP contribution in [0.3, 0.4) is 0 Å². The first-order valence-corrected chi connectivity index (χ1v) is 6.46. The summed E-state index contributed by atoms with van der Waals surface area (Å²) in [5.41, 5.74) is 0.893. The number of benzene rings is 1. The molecule has 4 nitrogen and oxygen atoms in total. The van der Waals surface area contributed by atoms with Crippen LogP contribution in [0.4, 0.5) is 8.78 Å². The van der Waals surface area contributed by atoms with E-state index in [1.165, 1.54) is 12.1 Å². The van der Waals surface area contributed by atoms with Crippen LogP contribution in [0.1, 0.15) is 32.4 Å². The van der Waals surface area contributed by atoms with Crippen molar-refractivity contribution < 1.29 is 18.3 Å². The second kappa shape index (κ2) is 7.79. The Hall–Kier alpha value is -1.69. The quantitative estimate of drug-likeness (QED) is 0.809. The lowest BCUT2D eigenvalue weighted by molar-refractivity contribution is -0.120. The Morgan fingerprint density at radius 1 is 1.20 bits per heavy atom. The first-order valence-electron chi connectivity index (χ1n) is 6.46. The second-order valence-electron chi connectivity index (χ2n) is 4.77. The third-order valence-corrected chi connectivity index (χ3v) is 2.62. The molecule has 1 unspecified atom stereocenters. The Bertz CT molecular complexity index is 422. The first kappa shape index (κ1) is 16.4. The van der Waals surface area contributed by atoms with Crippen LogP contribution in [-0.2, 0) is 4.79 Å². The van der Waals surface area contributed by atoms with E-state index in [9.17, 15) is 13.6 Å². The number of alkyl halides is 2. The number of nitrogens with one attached hydrogen (secondary N) is 2. The second-order valence-corrected chi connectivity index (χ2v) is 4.77. The zero-order valence-electron chi connectivity index (χ0n) is 11.8. The van der Waals surface area contributed by atoms with Crippen molar-refractivity contribution in [3.63, 3.8) is 0 Å². The minimum absolute atomic E-state index is 0.0616. The van der Waals surface area contributed by atoms with E-state index in [1.807, 2.05) is 20.8 Å². The van der Waals surface area contributed by atoms with Crippen molar-refractivity contribution in [1.29, 1.82) is 0 Å². The maximum absolute atomic E-state index is 12.0. The molecule has 20 heavy (non-hydrogen) atoms. The Kier molecular flexibility index (Phi) is 6.38. The summed E-state index contributed by atoms with van der Waals surface area (Å²) in [5, 5.41) is 5.84. The van der Waals surface area contributed by atoms with E-state index in [-0.39, 0.29) is 30.3 Å². The van der Waals surface area contributed by atoms with E-state index in [4.69, 9.17) is 0 Å². The largest absolute Gasteiger partial charge is 0.435 e. The molecule has 1 aromatic rings. The van der Waals surface area contributed by atoms with Gasteiger partial charge in [0.05, 0.1) is 6.54 Å². The van der Waals surface area contributed by atoms with Gasteiger partial charge in [-0.15, -0.1) is 0 Å². The highest BCUT2D eigenvalue weighted by Crippen LogP contribution is 2.18. The van der Waals surface area contributed by atoms with E-state index >= 15 is 0 Å². The Morgan fingerprint density at radius 2 is 1.80 bits per heavy atom. The molecular formula is C14H20F2N2O2. The summed E-state index contributed by atoms with van der Waals surface area (Å²) >= 11 is 0. The summed E-state index contributed by atoms with van der Waals surface area (Å²) in [7, 11) is 0. The van der Waals surface area contributed by atoms with Gasteiger partial charge in [-0.05, 0) is 38.5 Å². The molecule has 6 heteroatoms. The highest BCUT2D eigenvalue weighted by molar-refractivity contribution is 5.78. The Morgan fingerprint density at radius 3 is 2.30 bits per heavy atom. The molecular weight excluding hydrogens is 266 g/mol. The van der Waals surface area contributed by atoms with Crippen molar-refractivity contribution in [2.45, 2.75) is 39.5 Å². The molecule has 0 saturated heterocycles. The van der Waals surface area contributed by atoms with Crippen LogP contribution in [0, 0.1) is 0 Å². The fourth-order valence-corrected chi connectivity index (χ4v) is 1.67. The molecule has 1 rings (SSSR count). The summed E-state index contributed by atoms with van der Waals surface area (Å²) in [6.45, 7) is 3.06. The Labute approximate surface area is 117 Å². The third kappa shape index (κ3) is 5.97. The third-order valence-electron chi connectivity index (χ3n) is 2.62. The van der Waals surface area contributed by atoms with Gasteiger partial charge in [0, 0.05) is 12.1 Å². The minimum Gasteiger partial charge on any atom is -0.435 e. The lowest BCUT2D eigenvalue weighted by atomic mass is 10.1. The van der Waals surface area contributed by atoms with Gasteiger partial charge in [0.25, 0.3) is 0 Å². The number of hydrogen-bond donors (Lipinski definition) is 2. The lowest BCUT2D eigenvalue weighted by Crippen LogP contribution is -2.38. The topological polar surface area (TPSA) is 50.4 Å². The molecule has 0 aliphatic carbocycles. The molecule has 2 N–H and O–H groups in total. The van der Waals surface area contributed by atoms with Gasteiger partial charge in [-0.25, -0.2) is 0 Å². The summed E-state index contributed by atoms with van der Waals surface area (Å²) in [6, 6.07) is 6.38. The number of carbonyl (C=O) groups is 1. The van der Waals surface area contributed by atoms with Crippen molar-refractivity contribution in [1.82, 2.24) is 10.6 Å². The van der Waals surface area contributed by atoms with E-state index in [0.29, 0.717) is 0 Å². The predicted octanol–water partition coefficient (Wildman–Crippen LogP) is 2.46. The predicted molar refractivity (Wildman–Crippen MR) is 72.8 cm³/mol. The van der Waals surface area contributed by atoms with Crippen LogP contribution < -0.4 is 15.4 Å². The van der Waals surface area contributed by atoms with Crippen LogP contribution in [0.2, 0.25) is 0 Å². The van der Waals surface area contributed by atoms with E-state index in [0.717, 1.165) is 5.56 Å². The molecule has 0 radical (unpaired) electrons. The molecule has 0 heterocycles. The van der Waals surface area contributed by atoms with Gasteiger partial charge < -0.3 is 15.4 Å². The zero-order chi connectivity index (χ0) is 15.1. The van der Waals surface area contributed by atoms with Gasteiger partial charge >= 0.3 is 6.61 Å². The molecule has 0 spiro atoms. The van der Waals surface area contributed by atoms with E-state index in [2.05, 4.69) is 15.4 Å². The number of ether oxygens (including phenoxy) is 1. The van der Waals surface area contributed by atoms with Crippen LogP contribution in [0.5, 0.6) is 5.75 Å². The Balaban J connectivity index is 2.47. The van der Waals surface area contributed by atoms with Gasteiger partial charge in [0.15, 0.2) is 0 Å².